The molecule has 0 aromatic heterocycles. The average Bonchev–Trinajstić information content (AvgIpc) is 2.77. The summed E-state index contributed by atoms with van der Waals surface area (Å²) in [6.07, 6.45) is -0.710. The Hall–Kier alpha value is -1.71. The maximum atomic E-state index is 14.1. The number of ether oxygens (including phenoxy) is 2. The molecule has 8 nitrogen and oxygen atoms in total. The van der Waals surface area contributed by atoms with Gasteiger partial charge in [0.15, 0.2) is 0 Å². The van der Waals surface area contributed by atoms with Crippen LogP contribution in [0.5, 0.6) is 5.75 Å². The summed E-state index contributed by atoms with van der Waals surface area (Å²) in [7, 11) is -3.67. The second kappa shape index (κ2) is 10.9. The molecule has 3 rings (SSSR count). The van der Waals surface area contributed by atoms with Gasteiger partial charge in [0.2, 0.25) is 0 Å². The summed E-state index contributed by atoms with van der Waals surface area (Å²) in [6.45, 7) is -1.23. The van der Waals surface area contributed by atoms with Crippen molar-refractivity contribution < 1.29 is 38.4 Å². The Morgan fingerprint density at radius 1 is 1.03 bits per heavy atom. The molecule has 1 aliphatic rings. The van der Waals surface area contributed by atoms with Crippen molar-refractivity contribution in [2.24, 2.45) is 5.92 Å². The lowest BCUT2D eigenvalue weighted by atomic mass is 10.0. The van der Waals surface area contributed by atoms with Crippen LogP contribution in [0.4, 0.5) is 0 Å². The van der Waals surface area contributed by atoms with Crippen LogP contribution in [0.15, 0.2) is 45.3 Å². The second-order valence-corrected chi connectivity index (χ2v) is 11.1. The molecule has 1 aliphatic heterocycles. The van der Waals surface area contributed by atoms with Gasteiger partial charge in [0.25, 0.3) is 7.37 Å². The van der Waals surface area contributed by atoms with Crippen LogP contribution in [0.1, 0.15) is 6.42 Å². The Balaban J connectivity index is 1.98. The molecule has 0 radical (unpaired) electrons. The van der Waals surface area contributed by atoms with Crippen molar-refractivity contribution in [2.45, 2.75) is 6.42 Å². The summed E-state index contributed by atoms with van der Waals surface area (Å²) in [5.74, 6) is -2.30. The van der Waals surface area contributed by atoms with Crippen LogP contribution in [0.2, 0.25) is 0 Å². The maximum Gasteiger partial charge on any atom is 0.310 e. The SMILES string of the molecule is O=C(CC(CP1(=O)Oc2c(Br)cc(Br)cc2-c2ccccc21)C(=O)OCCO)OCCO. The molecule has 2 unspecified atom stereocenters. The molecule has 0 saturated carbocycles. The predicted octanol–water partition coefficient (Wildman–Crippen LogP) is 3.25. The van der Waals surface area contributed by atoms with Crippen LogP contribution in [-0.2, 0) is 23.6 Å². The van der Waals surface area contributed by atoms with Gasteiger partial charge in [0.1, 0.15) is 19.0 Å². The minimum atomic E-state index is -3.67. The van der Waals surface area contributed by atoms with Crippen LogP contribution in [0, 0.1) is 5.92 Å². The molecule has 172 valence electrons. The highest BCUT2D eigenvalue weighted by Crippen LogP contribution is 2.58. The Morgan fingerprint density at radius 3 is 2.44 bits per heavy atom. The first-order valence-electron chi connectivity index (χ1n) is 9.70. The van der Waals surface area contributed by atoms with Crippen molar-refractivity contribution in [2.75, 3.05) is 32.6 Å². The lowest BCUT2D eigenvalue weighted by Crippen LogP contribution is -2.30. The van der Waals surface area contributed by atoms with E-state index in [-0.39, 0.29) is 32.6 Å². The third kappa shape index (κ3) is 5.61. The molecule has 2 aromatic rings. The summed E-state index contributed by atoms with van der Waals surface area (Å²) in [5.41, 5.74) is 1.43. The van der Waals surface area contributed by atoms with E-state index in [1.54, 1.807) is 18.2 Å². The van der Waals surface area contributed by atoms with Gasteiger partial charge in [-0.3, -0.25) is 14.2 Å². The Kier molecular flexibility index (Phi) is 8.52. The molecule has 0 amide bonds. The molecule has 2 atom stereocenters. The Bertz CT molecular complexity index is 1060. The fraction of sp³-hybridized carbons (Fsp3) is 0.333. The summed E-state index contributed by atoms with van der Waals surface area (Å²) in [4.78, 5) is 24.8. The number of aliphatic hydroxyl groups is 2. The number of esters is 2. The van der Waals surface area contributed by atoms with Gasteiger partial charge >= 0.3 is 11.9 Å². The van der Waals surface area contributed by atoms with Crippen molar-refractivity contribution in [1.29, 1.82) is 0 Å². The molecule has 11 heteroatoms. The molecule has 2 aromatic carbocycles. The fourth-order valence-corrected chi connectivity index (χ4v) is 7.41. The number of hydrogen-bond donors (Lipinski definition) is 2. The van der Waals surface area contributed by atoms with Crippen LogP contribution in [-0.4, -0.2) is 54.7 Å². The topological polar surface area (TPSA) is 119 Å². The van der Waals surface area contributed by atoms with E-state index in [1.165, 1.54) is 0 Å². The van der Waals surface area contributed by atoms with Crippen molar-refractivity contribution in [3.8, 4) is 16.9 Å². The van der Waals surface area contributed by atoms with E-state index in [1.807, 2.05) is 18.2 Å². The number of hydrogen-bond acceptors (Lipinski definition) is 8. The molecule has 0 saturated heterocycles. The van der Waals surface area contributed by atoms with Gasteiger partial charge in [-0.05, 0) is 39.7 Å². The highest BCUT2D eigenvalue weighted by Gasteiger charge is 2.42. The number of carbonyl (C=O) groups excluding carboxylic acids is 2. The van der Waals surface area contributed by atoms with Gasteiger partial charge in [-0.1, -0.05) is 34.1 Å². The van der Waals surface area contributed by atoms with Gasteiger partial charge in [0.05, 0.1) is 41.5 Å². The predicted molar refractivity (Wildman–Crippen MR) is 124 cm³/mol. The molecule has 0 spiro atoms. The van der Waals surface area contributed by atoms with Crippen molar-refractivity contribution in [1.82, 2.24) is 0 Å². The number of benzene rings is 2. The first kappa shape index (κ1) is 24.9. The Morgan fingerprint density at radius 2 is 1.72 bits per heavy atom. The van der Waals surface area contributed by atoms with Gasteiger partial charge in [-0.25, -0.2) is 0 Å². The smallest absolute Gasteiger partial charge is 0.310 e. The summed E-state index contributed by atoms with van der Waals surface area (Å²) in [5, 5.41) is 18.3. The number of carbonyl (C=O) groups is 2. The monoisotopic (exact) mass is 590 g/mol. The largest absolute Gasteiger partial charge is 0.463 e. The van der Waals surface area contributed by atoms with Gasteiger partial charge in [-0.15, -0.1) is 0 Å². The lowest BCUT2D eigenvalue weighted by molar-refractivity contribution is -0.155. The standard InChI is InChI=1S/C21H21Br2O8P/c22-14-10-16-15-3-1-2-4-18(15)32(28,31-20(16)17(23)11-14)12-13(21(27)30-8-6-25)9-19(26)29-7-5-24/h1-4,10-11,13,24-25H,5-9,12H2. The molecule has 1 heterocycles. The van der Waals surface area contributed by atoms with E-state index in [2.05, 4.69) is 31.9 Å². The number of rotatable bonds is 9. The van der Waals surface area contributed by atoms with Crippen LogP contribution >= 0.6 is 39.2 Å². The molecule has 2 N–H and O–H groups in total. The third-order valence-electron chi connectivity index (χ3n) is 4.71. The van der Waals surface area contributed by atoms with E-state index in [9.17, 15) is 14.2 Å². The quantitative estimate of drug-likeness (QED) is 0.337. The van der Waals surface area contributed by atoms with Gasteiger partial charge in [0, 0.05) is 10.0 Å². The minimum absolute atomic E-state index is 0.219. The molecular formula is C21H21Br2O8P. The first-order valence-corrected chi connectivity index (χ1v) is 13.1. The zero-order valence-corrected chi connectivity index (χ0v) is 20.9. The van der Waals surface area contributed by atoms with Crippen molar-refractivity contribution in [3.63, 3.8) is 0 Å². The van der Waals surface area contributed by atoms with Crippen LogP contribution in [0.3, 0.4) is 0 Å². The van der Waals surface area contributed by atoms with Gasteiger partial charge < -0.3 is 24.2 Å². The number of fused-ring (bicyclic) bond motifs is 3. The highest BCUT2D eigenvalue weighted by atomic mass is 79.9. The number of aliphatic hydroxyl groups excluding tert-OH is 2. The average molecular weight is 592 g/mol. The summed E-state index contributed by atoms with van der Waals surface area (Å²) in [6, 6.07) is 10.6. The fourth-order valence-electron chi connectivity index (χ4n) is 3.38. The van der Waals surface area contributed by atoms with E-state index >= 15 is 0 Å². The first-order chi connectivity index (χ1) is 15.3. The van der Waals surface area contributed by atoms with E-state index < -0.39 is 31.6 Å². The molecule has 0 fully saturated rings. The molecule has 32 heavy (non-hydrogen) atoms. The van der Waals surface area contributed by atoms with E-state index in [4.69, 9.17) is 24.2 Å². The van der Waals surface area contributed by atoms with Crippen LogP contribution < -0.4 is 9.83 Å². The maximum absolute atomic E-state index is 14.1. The lowest BCUT2D eigenvalue weighted by Gasteiger charge is -2.31. The number of halogens is 2. The zero-order valence-electron chi connectivity index (χ0n) is 16.8. The second-order valence-electron chi connectivity index (χ2n) is 6.96. The normalized spacial score (nSPS) is 17.5. The van der Waals surface area contributed by atoms with Crippen LogP contribution in [0.25, 0.3) is 11.1 Å². The Labute approximate surface area is 201 Å². The summed E-state index contributed by atoms with van der Waals surface area (Å²) < 4.78 is 31.4. The summed E-state index contributed by atoms with van der Waals surface area (Å²) >= 11 is 6.89. The van der Waals surface area contributed by atoms with E-state index in [0.29, 0.717) is 21.1 Å². The third-order valence-corrected chi connectivity index (χ3v) is 8.28. The molecule has 0 bridgehead atoms. The minimum Gasteiger partial charge on any atom is -0.463 e. The molecule has 0 aliphatic carbocycles. The molecular weight excluding hydrogens is 571 g/mol. The van der Waals surface area contributed by atoms with Crippen molar-refractivity contribution >= 4 is 56.5 Å². The van der Waals surface area contributed by atoms with Crippen molar-refractivity contribution in [3.05, 3.63) is 45.3 Å². The zero-order chi connectivity index (χ0) is 23.3. The van der Waals surface area contributed by atoms with E-state index in [0.717, 1.165) is 10.0 Å². The van der Waals surface area contributed by atoms with Gasteiger partial charge in [-0.2, -0.15) is 0 Å². The highest BCUT2D eigenvalue weighted by molar-refractivity contribution is 9.11.